The van der Waals surface area contributed by atoms with E-state index in [1.54, 1.807) is 0 Å². The summed E-state index contributed by atoms with van der Waals surface area (Å²) >= 11 is 0. The highest BCUT2D eigenvalue weighted by atomic mass is 16.7. The van der Waals surface area contributed by atoms with Crippen LogP contribution in [0.3, 0.4) is 0 Å². The monoisotopic (exact) mass is 202 g/mol. The molecule has 4 heteroatoms. The first-order valence-electron chi connectivity index (χ1n) is 5.22. The van der Waals surface area contributed by atoms with Gasteiger partial charge >= 0.3 is 0 Å². The maximum atomic E-state index is 5.68. The molecule has 0 bridgehead atoms. The fraction of sp³-hybridized carbons (Fsp3) is 1.00. The summed E-state index contributed by atoms with van der Waals surface area (Å²) in [5.41, 5.74) is 0. The molecular formula is C10H18O4. The largest absolute Gasteiger partial charge is 0.373 e. The predicted molar refractivity (Wildman–Crippen MR) is 50.0 cm³/mol. The summed E-state index contributed by atoms with van der Waals surface area (Å²) in [7, 11) is 0. The van der Waals surface area contributed by atoms with E-state index in [4.69, 9.17) is 18.9 Å². The Labute approximate surface area is 84.5 Å². The van der Waals surface area contributed by atoms with E-state index >= 15 is 0 Å². The second-order valence-electron chi connectivity index (χ2n) is 4.01. The molecule has 0 saturated carbocycles. The zero-order chi connectivity index (χ0) is 9.97. The highest BCUT2D eigenvalue weighted by Crippen LogP contribution is 2.20. The highest BCUT2D eigenvalue weighted by Gasteiger charge is 2.31. The average molecular weight is 202 g/mol. The molecule has 1 unspecified atom stereocenters. The van der Waals surface area contributed by atoms with Gasteiger partial charge in [0.25, 0.3) is 0 Å². The second kappa shape index (κ2) is 4.57. The van der Waals surface area contributed by atoms with Crippen molar-refractivity contribution in [2.75, 3.05) is 26.4 Å². The van der Waals surface area contributed by atoms with Crippen molar-refractivity contribution in [3.63, 3.8) is 0 Å². The lowest BCUT2D eigenvalue weighted by Crippen LogP contribution is -2.45. The molecule has 0 radical (unpaired) electrons. The number of hydrogen-bond acceptors (Lipinski definition) is 4. The molecule has 2 saturated heterocycles. The van der Waals surface area contributed by atoms with Crippen LogP contribution in [-0.4, -0.2) is 44.9 Å². The Kier molecular flexibility index (Phi) is 3.38. The topological polar surface area (TPSA) is 36.9 Å². The number of rotatable bonds is 1. The third kappa shape index (κ3) is 2.45. The predicted octanol–water partition coefficient (Wildman–Crippen LogP) is 0.799. The van der Waals surface area contributed by atoms with Crippen molar-refractivity contribution in [1.82, 2.24) is 0 Å². The Bertz CT molecular complexity index is 149. The zero-order valence-electron chi connectivity index (χ0n) is 8.77. The molecule has 2 rings (SSSR count). The van der Waals surface area contributed by atoms with Crippen molar-refractivity contribution in [3.05, 3.63) is 0 Å². The zero-order valence-corrected chi connectivity index (χ0v) is 8.77. The van der Waals surface area contributed by atoms with Gasteiger partial charge in [-0.05, 0) is 13.8 Å². The van der Waals surface area contributed by atoms with Crippen molar-refractivity contribution in [1.29, 1.82) is 0 Å². The molecule has 0 N–H and O–H groups in total. The summed E-state index contributed by atoms with van der Waals surface area (Å²) in [6.45, 7) is 6.69. The van der Waals surface area contributed by atoms with Crippen LogP contribution in [0.1, 0.15) is 13.8 Å². The summed E-state index contributed by atoms with van der Waals surface area (Å²) in [4.78, 5) is 0. The smallest absolute Gasteiger partial charge is 0.154 e. The van der Waals surface area contributed by atoms with Crippen LogP contribution < -0.4 is 0 Å². The van der Waals surface area contributed by atoms with Gasteiger partial charge in [0, 0.05) is 5.92 Å². The van der Waals surface area contributed by atoms with E-state index in [2.05, 4.69) is 0 Å². The van der Waals surface area contributed by atoms with Crippen LogP contribution in [0.2, 0.25) is 0 Å². The van der Waals surface area contributed by atoms with Crippen LogP contribution >= 0.6 is 0 Å². The third-order valence-electron chi connectivity index (χ3n) is 2.71. The van der Waals surface area contributed by atoms with Crippen LogP contribution in [0.15, 0.2) is 0 Å². The highest BCUT2D eigenvalue weighted by molar-refractivity contribution is 4.75. The van der Waals surface area contributed by atoms with Crippen molar-refractivity contribution in [2.24, 2.45) is 5.92 Å². The Morgan fingerprint density at radius 1 is 0.786 bits per heavy atom. The normalized spacial score (nSPS) is 45.0. The molecular weight excluding hydrogens is 184 g/mol. The minimum absolute atomic E-state index is 0.0744. The lowest BCUT2D eigenvalue weighted by Gasteiger charge is -2.36. The van der Waals surface area contributed by atoms with Crippen LogP contribution in [0.5, 0.6) is 0 Å². The molecule has 0 aromatic heterocycles. The molecule has 0 aliphatic carbocycles. The maximum Gasteiger partial charge on any atom is 0.154 e. The van der Waals surface area contributed by atoms with Crippen LogP contribution in [0.25, 0.3) is 0 Å². The van der Waals surface area contributed by atoms with Gasteiger partial charge in [-0.2, -0.15) is 0 Å². The molecule has 2 heterocycles. The summed E-state index contributed by atoms with van der Waals surface area (Å²) in [6, 6.07) is 0. The minimum atomic E-state index is -0.0744. The van der Waals surface area contributed by atoms with Gasteiger partial charge in [-0.25, -0.2) is 0 Å². The van der Waals surface area contributed by atoms with E-state index in [-0.39, 0.29) is 18.5 Å². The molecule has 0 aromatic rings. The summed E-state index contributed by atoms with van der Waals surface area (Å²) in [5.74, 6) is 0.318. The standard InChI is InChI=1S/C10H18O4/c1-7-3-14-10(6-11-7)9-4-12-8(2)13-5-9/h7-10H,3-6H2,1-2H3/t7-,8?,9?,10?/m0/s1. The van der Waals surface area contributed by atoms with E-state index in [9.17, 15) is 0 Å². The van der Waals surface area contributed by atoms with Crippen molar-refractivity contribution in [2.45, 2.75) is 32.3 Å². The minimum Gasteiger partial charge on any atom is -0.373 e. The fourth-order valence-corrected chi connectivity index (χ4v) is 1.72. The van der Waals surface area contributed by atoms with Crippen LogP contribution in [0, 0.1) is 5.92 Å². The Hall–Kier alpha value is -0.160. The quantitative estimate of drug-likeness (QED) is 0.630. The first kappa shape index (κ1) is 10.4. The van der Waals surface area contributed by atoms with Gasteiger partial charge in [-0.3, -0.25) is 0 Å². The Balaban J connectivity index is 1.78. The molecule has 2 aliphatic heterocycles. The third-order valence-corrected chi connectivity index (χ3v) is 2.71. The van der Waals surface area contributed by atoms with E-state index in [1.165, 1.54) is 0 Å². The SMILES string of the molecule is CC1OCC(C2CO[C@@H](C)CO2)CO1. The lowest BCUT2D eigenvalue weighted by atomic mass is 10.0. The van der Waals surface area contributed by atoms with E-state index < -0.39 is 0 Å². The number of hydrogen-bond donors (Lipinski definition) is 0. The van der Waals surface area contributed by atoms with Crippen molar-refractivity contribution < 1.29 is 18.9 Å². The van der Waals surface area contributed by atoms with E-state index in [1.807, 2.05) is 13.8 Å². The molecule has 0 aromatic carbocycles. The van der Waals surface area contributed by atoms with Crippen LogP contribution in [-0.2, 0) is 18.9 Å². The Morgan fingerprint density at radius 3 is 2.07 bits per heavy atom. The Morgan fingerprint density at radius 2 is 1.50 bits per heavy atom. The maximum absolute atomic E-state index is 5.68. The molecule has 82 valence electrons. The molecule has 2 atom stereocenters. The van der Waals surface area contributed by atoms with Crippen LogP contribution in [0.4, 0.5) is 0 Å². The molecule has 2 aliphatic rings. The molecule has 2 fully saturated rings. The molecule has 14 heavy (non-hydrogen) atoms. The molecule has 4 nitrogen and oxygen atoms in total. The molecule has 0 spiro atoms. The molecule has 0 amide bonds. The fourth-order valence-electron chi connectivity index (χ4n) is 1.72. The van der Waals surface area contributed by atoms with Gasteiger partial charge in [0.15, 0.2) is 6.29 Å². The summed E-state index contributed by atoms with van der Waals surface area (Å²) < 4.78 is 22.0. The summed E-state index contributed by atoms with van der Waals surface area (Å²) in [6.07, 6.45) is 0.281. The van der Waals surface area contributed by atoms with E-state index in [0.29, 0.717) is 32.3 Å². The first-order chi connectivity index (χ1) is 6.75. The van der Waals surface area contributed by atoms with Gasteiger partial charge in [0.05, 0.1) is 38.6 Å². The van der Waals surface area contributed by atoms with Gasteiger partial charge in [-0.1, -0.05) is 0 Å². The first-order valence-corrected chi connectivity index (χ1v) is 5.22. The number of ether oxygens (including phenoxy) is 4. The van der Waals surface area contributed by atoms with E-state index in [0.717, 1.165) is 0 Å². The van der Waals surface area contributed by atoms with Gasteiger partial charge in [-0.15, -0.1) is 0 Å². The van der Waals surface area contributed by atoms with Gasteiger partial charge in [0.2, 0.25) is 0 Å². The van der Waals surface area contributed by atoms with Gasteiger partial charge in [0.1, 0.15) is 0 Å². The van der Waals surface area contributed by atoms with Crippen molar-refractivity contribution in [3.8, 4) is 0 Å². The average Bonchev–Trinajstić information content (AvgIpc) is 2.21. The van der Waals surface area contributed by atoms with Gasteiger partial charge < -0.3 is 18.9 Å². The second-order valence-corrected chi connectivity index (χ2v) is 4.01. The summed E-state index contributed by atoms with van der Waals surface area (Å²) in [5, 5.41) is 0. The lowest BCUT2D eigenvalue weighted by molar-refractivity contribution is -0.230. The van der Waals surface area contributed by atoms with Crippen molar-refractivity contribution >= 4 is 0 Å².